The van der Waals surface area contributed by atoms with Crippen molar-refractivity contribution < 1.29 is 36.2 Å². The summed E-state index contributed by atoms with van der Waals surface area (Å²) < 4.78 is 70.7. The fourth-order valence-corrected chi connectivity index (χ4v) is 4.16. The second-order valence-corrected chi connectivity index (χ2v) is 10.9. The number of amides is 1. The molecule has 2 aromatic rings. The molecule has 0 unspecified atom stereocenters. The number of carbonyl (C=O) groups is 1. The number of aliphatic hydroxyl groups excluding tert-OH is 1. The van der Waals surface area contributed by atoms with Crippen LogP contribution in [-0.2, 0) is 16.2 Å². The van der Waals surface area contributed by atoms with E-state index in [0.29, 0.717) is 0 Å². The summed E-state index contributed by atoms with van der Waals surface area (Å²) in [4.78, 5) is 19.1. The Labute approximate surface area is 202 Å². The summed E-state index contributed by atoms with van der Waals surface area (Å²) >= 11 is 0. The van der Waals surface area contributed by atoms with Crippen LogP contribution in [0.2, 0.25) is 0 Å². The van der Waals surface area contributed by atoms with Crippen LogP contribution in [-0.4, -0.2) is 78.8 Å². The van der Waals surface area contributed by atoms with Crippen molar-refractivity contribution in [2.45, 2.75) is 32.2 Å². The van der Waals surface area contributed by atoms with Crippen LogP contribution in [0, 0.1) is 5.92 Å². The summed E-state index contributed by atoms with van der Waals surface area (Å²) in [6.07, 6.45) is -2.83. The Morgan fingerprint density at radius 3 is 2.57 bits per heavy atom. The molecule has 1 aromatic heterocycles. The monoisotopic (exact) mass is 515 g/mol. The van der Waals surface area contributed by atoms with Crippen LogP contribution < -0.4 is 4.74 Å². The molecule has 0 aliphatic carbocycles. The van der Waals surface area contributed by atoms with Crippen molar-refractivity contribution in [1.82, 2.24) is 14.2 Å². The predicted molar refractivity (Wildman–Crippen MR) is 123 cm³/mol. The second-order valence-electron chi connectivity index (χ2n) is 8.82. The Morgan fingerprint density at radius 1 is 1.29 bits per heavy atom. The topological polar surface area (TPSA) is 100 Å². The van der Waals surface area contributed by atoms with E-state index >= 15 is 0 Å². The fraction of sp³-hybridized carbons (Fsp3) is 0.478. The molecule has 2 heterocycles. The highest BCUT2D eigenvalue weighted by Gasteiger charge is 2.35. The lowest BCUT2D eigenvalue weighted by Crippen LogP contribution is -2.50. The number of hydrogen-bond acceptors (Lipinski definition) is 6. The molecule has 0 radical (unpaired) electrons. The number of alkyl halides is 3. The normalized spacial score (nSPS) is 20.1. The molecule has 0 bridgehead atoms. The quantitative estimate of drug-likeness (QED) is 0.635. The minimum absolute atomic E-state index is 0.00790. The summed E-state index contributed by atoms with van der Waals surface area (Å²) in [7, 11) is -2.10. The number of ether oxygens (including phenoxy) is 1. The molecule has 0 saturated heterocycles. The Morgan fingerprint density at radius 2 is 1.97 bits per heavy atom. The number of aliphatic hydroxyl groups is 1. The van der Waals surface area contributed by atoms with Crippen LogP contribution in [0.5, 0.6) is 5.88 Å². The van der Waals surface area contributed by atoms with Crippen molar-refractivity contribution >= 4 is 15.9 Å². The van der Waals surface area contributed by atoms with E-state index < -0.39 is 39.8 Å². The number of nitrogens with zero attached hydrogens (tertiary/aromatic N) is 3. The highest BCUT2D eigenvalue weighted by atomic mass is 32.2. The van der Waals surface area contributed by atoms with Gasteiger partial charge in [0.15, 0.2) is 0 Å². The molecule has 192 valence electrons. The lowest BCUT2D eigenvalue weighted by atomic mass is 9.99. The van der Waals surface area contributed by atoms with E-state index in [4.69, 9.17) is 4.74 Å². The number of hydrogen-bond donors (Lipinski definition) is 1. The van der Waals surface area contributed by atoms with Gasteiger partial charge in [0.05, 0.1) is 31.0 Å². The highest BCUT2D eigenvalue weighted by Crippen LogP contribution is 2.34. The lowest BCUT2D eigenvalue weighted by molar-refractivity contribution is -0.137. The van der Waals surface area contributed by atoms with Crippen molar-refractivity contribution in [2.75, 3.05) is 33.0 Å². The molecule has 1 amide bonds. The Kier molecular flexibility index (Phi) is 7.77. The summed E-state index contributed by atoms with van der Waals surface area (Å²) in [6, 6.07) is 5.51. The summed E-state index contributed by atoms with van der Waals surface area (Å²) in [5.41, 5.74) is -0.327. The SMILES string of the molecule is C[C@H](CO)N1C[C@H](C)[C@H](CN(C)S(C)(=O)=O)Oc2ncc(-c3cccc(C(F)(F)F)c3)cc2C1=O. The van der Waals surface area contributed by atoms with Crippen molar-refractivity contribution in [1.29, 1.82) is 0 Å². The Bertz CT molecular complexity index is 1190. The number of likely N-dealkylation sites (N-methyl/N-ethyl adjacent to an activating group) is 1. The van der Waals surface area contributed by atoms with Crippen molar-refractivity contribution in [3.63, 3.8) is 0 Å². The van der Waals surface area contributed by atoms with Gasteiger partial charge in [-0.2, -0.15) is 13.2 Å². The molecule has 35 heavy (non-hydrogen) atoms. The number of carbonyl (C=O) groups excluding carboxylic acids is 1. The van der Waals surface area contributed by atoms with E-state index in [9.17, 15) is 31.5 Å². The van der Waals surface area contributed by atoms with Gasteiger partial charge < -0.3 is 14.7 Å². The first-order valence-corrected chi connectivity index (χ1v) is 12.7. The summed E-state index contributed by atoms with van der Waals surface area (Å²) in [6.45, 7) is 3.30. The molecule has 3 atom stereocenters. The number of sulfonamides is 1. The summed E-state index contributed by atoms with van der Waals surface area (Å²) in [5.74, 6) is -0.876. The van der Waals surface area contributed by atoms with Gasteiger partial charge in [0.25, 0.3) is 5.91 Å². The zero-order valence-electron chi connectivity index (χ0n) is 19.8. The molecular weight excluding hydrogens is 487 g/mol. The van der Waals surface area contributed by atoms with Gasteiger partial charge in [-0.1, -0.05) is 19.1 Å². The number of aromatic nitrogens is 1. The number of benzene rings is 1. The third-order valence-corrected chi connectivity index (χ3v) is 7.33. The van der Waals surface area contributed by atoms with Crippen LogP contribution in [0.25, 0.3) is 11.1 Å². The number of rotatable bonds is 6. The van der Waals surface area contributed by atoms with Crippen LogP contribution >= 0.6 is 0 Å². The first-order valence-electron chi connectivity index (χ1n) is 10.9. The molecule has 3 rings (SSSR count). The summed E-state index contributed by atoms with van der Waals surface area (Å²) in [5, 5.41) is 9.72. The van der Waals surface area contributed by atoms with Crippen molar-refractivity contribution in [2.24, 2.45) is 5.92 Å². The van der Waals surface area contributed by atoms with Crippen LogP contribution in [0.4, 0.5) is 13.2 Å². The van der Waals surface area contributed by atoms with Gasteiger partial charge in [0.1, 0.15) is 11.7 Å². The molecular formula is C23H28F3N3O5S. The first-order chi connectivity index (χ1) is 16.2. The van der Waals surface area contributed by atoms with E-state index in [1.54, 1.807) is 13.8 Å². The maximum atomic E-state index is 13.4. The highest BCUT2D eigenvalue weighted by molar-refractivity contribution is 7.88. The maximum absolute atomic E-state index is 13.4. The van der Waals surface area contributed by atoms with E-state index in [1.807, 2.05) is 0 Å². The zero-order valence-corrected chi connectivity index (χ0v) is 20.6. The van der Waals surface area contributed by atoms with Gasteiger partial charge in [-0.25, -0.2) is 17.7 Å². The number of fused-ring (bicyclic) bond motifs is 1. The van der Waals surface area contributed by atoms with Gasteiger partial charge in [-0.05, 0) is 30.7 Å². The van der Waals surface area contributed by atoms with Crippen LogP contribution in [0.15, 0.2) is 36.5 Å². The molecule has 1 aliphatic rings. The molecule has 12 heteroatoms. The molecule has 8 nitrogen and oxygen atoms in total. The average molecular weight is 516 g/mol. The minimum Gasteiger partial charge on any atom is -0.472 e. The van der Waals surface area contributed by atoms with Crippen molar-refractivity contribution in [3.8, 4) is 17.0 Å². The fourth-order valence-electron chi connectivity index (χ4n) is 3.74. The lowest BCUT2D eigenvalue weighted by Gasteiger charge is -2.37. The van der Waals surface area contributed by atoms with Gasteiger partial charge in [-0.3, -0.25) is 4.79 Å². The van der Waals surface area contributed by atoms with E-state index in [-0.39, 0.29) is 48.2 Å². The largest absolute Gasteiger partial charge is 0.472 e. The second kappa shape index (κ2) is 10.1. The van der Waals surface area contributed by atoms with Crippen molar-refractivity contribution in [3.05, 3.63) is 47.7 Å². The third kappa shape index (κ3) is 6.11. The molecule has 0 fully saturated rings. The first kappa shape index (κ1) is 26.9. The van der Waals surface area contributed by atoms with Gasteiger partial charge in [0, 0.05) is 31.3 Å². The standard InChI is InChI=1S/C23H28F3N3O5S/c1-14-11-29(15(2)13-30)22(31)19-9-17(16-6-5-7-18(8-16)23(24,25)26)10-27-21(19)34-20(14)12-28(3)35(4,32)33/h5-10,14-15,20,30H,11-13H2,1-4H3/t14-,15+,20-/m0/s1. The maximum Gasteiger partial charge on any atom is 0.416 e. The van der Waals surface area contributed by atoms with E-state index in [2.05, 4.69) is 4.98 Å². The smallest absolute Gasteiger partial charge is 0.416 e. The molecule has 0 spiro atoms. The minimum atomic E-state index is -4.53. The van der Waals surface area contributed by atoms with Crippen LogP contribution in [0.1, 0.15) is 29.8 Å². The molecule has 1 N–H and O–H groups in total. The number of halogens is 3. The zero-order chi connectivity index (χ0) is 26.1. The van der Waals surface area contributed by atoms with Gasteiger partial charge in [0.2, 0.25) is 15.9 Å². The molecule has 1 aromatic carbocycles. The van der Waals surface area contributed by atoms with E-state index in [1.165, 1.54) is 36.3 Å². The van der Waals surface area contributed by atoms with E-state index in [0.717, 1.165) is 22.7 Å². The molecule has 1 aliphatic heterocycles. The van der Waals surface area contributed by atoms with Gasteiger partial charge >= 0.3 is 6.18 Å². The average Bonchev–Trinajstić information content (AvgIpc) is 2.79. The Balaban J connectivity index is 2.09. The van der Waals surface area contributed by atoms with Crippen LogP contribution in [0.3, 0.4) is 0 Å². The third-order valence-electron chi connectivity index (χ3n) is 6.05. The number of pyridine rings is 1. The molecule has 0 saturated carbocycles. The predicted octanol–water partition coefficient (Wildman–Crippen LogP) is 2.88. The van der Waals surface area contributed by atoms with Gasteiger partial charge in [-0.15, -0.1) is 0 Å². The Hall–Kier alpha value is -2.70.